The summed E-state index contributed by atoms with van der Waals surface area (Å²) in [5.41, 5.74) is 0. The minimum atomic E-state index is -4.46. The number of hydrogen-bond donors (Lipinski definition) is 2. The van der Waals surface area contributed by atoms with Crippen LogP contribution in [0.2, 0.25) is 0 Å². The zero-order valence-corrected chi connectivity index (χ0v) is 7.98. The van der Waals surface area contributed by atoms with Gasteiger partial charge in [-0.25, -0.2) is 0 Å². The second-order valence-corrected chi connectivity index (χ2v) is 3.78. The van der Waals surface area contributed by atoms with E-state index >= 15 is 0 Å². The van der Waals surface area contributed by atoms with Gasteiger partial charge in [0, 0.05) is 6.04 Å². The fourth-order valence-corrected chi connectivity index (χ4v) is 1.69. The molecule has 84 valence electrons. The van der Waals surface area contributed by atoms with E-state index in [1.165, 1.54) is 0 Å². The molecule has 1 saturated heterocycles. The van der Waals surface area contributed by atoms with Crippen LogP contribution >= 0.6 is 0 Å². The van der Waals surface area contributed by atoms with Crippen LogP contribution in [0.4, 0.5) is 13.2 Å². The molecular formula is C9H16F3NO. The van der Waals surface area contributed by atoms with Gasteiger partial charge in [-0.05, 0) is 32.2 Å². The maximum absolute atomic E-state index is 11.9. The zero-order chi connectivity index (χ0) is 10.6. The van der Waals surface area contributed by atoms with Crippen LogP contribution in [0.1, 0.15) is 32.1 Å². The van der Waals surface area contributed by atoms with Crippen LogP contribution in [0.5, 0.6) is 0 Å². The Labute approximate surface area is 81.5 Å². The lowest BCUT2D eigenvalue weighted by atomic mass is 9.99. The molecule has 1 aliphatic rings. The first-order valence-electron chi connectivity index (χ1n) is 4.98. The molecule has 1 heterocycles. The van der Waals surface area contributed by atoms with E-state index in [1.54, 1.807) is 0 Å². The molecule has 0 bridgehead atoms. The summed E-state index contributed by atoms with van der Waals surface area (Å²) < 4.78 is 35.8. The smallest absolute Gasteiger partial charge is 0.384 e. The molecule has 0 saturated carbocycles. The van der Waals surface area contributed by atoms with Crippen LogP contribution in [0.3, 0.4) is 0 Å². The topological polar surface area (TPSA) is 32.3 Å². The van der Waals surface area contributed by atoms with Gasteiger partial charge in [0.2, 0.25) is 0 Å². The van der Waals surface area contributed by atoms with E-state index in [2.05, 4.69) is 5.32 Å². The van der Waals surface area contributed by atoms with Gasteiger partial charge >= 0.3 is 6.18 Å². The summed E-state index contributed by atoms with van der Waals surface area (Å²) in [6.45, 7) is 0.882. The number of rotatable bonds is 3. The normalized spacial score (nSPS) is 26.1. The van der Waals surface area contributed by atoms with Crippen molar-refractivity contribution in [3.05, 3.63) is 0 Å². The number of hydrogen-bond acceptors (Lipinski definition) is 2. The molecule has 2 N–H and O–H groups in total. The predicted molar refractivity (Wildman–Crippen MR) is 46.9 cm³/mol. The molecule has 0 aromatic rings. The van der Waals surface area contributed by atoms with Gasteiger partial charge < -0.3 is 10.4 Å². The molecule has 14 heavy (non-hydrogen) atoms. The lowest BCUT2D eigenvalue weighted by Gasteiger charge is -2.24. The van der Waals surface area contributed by atoms with Gasteiger partial charge in [0.1, 0.15) is 6.10 Å². The molecule has 2 atom stereocenters. The van der Waals surface area contributed by atoms with E-state index in [9.17, 15) is 13.2 Å². The average Bonchev–Trinajstić information content (AvgIpc) is 2.14. The van der Waals surface area contributed by atoms with Crippen LogP contribution in [0.15, 0.2) is 0 Å². The summed E-state index contributed by atoms with van der Waals surface area (Å²) in [5, 5.41) is 11.9. The van der Waals surface area contributed by atoms with Crippen molar-refractivity contribution >= 4 is 0 Å². The molecule has 2 unspecified atom stereocenters. The summed E-state index contributed by atoms with van der Waals surface area (Å²) in [6.07, 6.45) is -3.33. The van der Waals surface area contributed by atoms with Gasteiger partial charge in [-0.2, -0.15) is 13.2 Å². The molecule has 0 spiro atoms. The van der Waals surface area contributed by atoms with Crippen LogP contribution in [-0.2, 0) is 0 Å². The van der Waals surface area contributed by atoms with Crippen molar-refractivity contribution in [1.29, 1.82) is 0 Å². The second kappa shape index (κ2) is 4.98. The zero-order valence-electron chi connectivity index (χ0n) is 7.98. The van der Waals surface area contributed by atoms with Crippen LogP contribution in [0, 0.1) is 0 Å². The molecule has 0 aromatic heterocycles. The largest absolute Gasteiger partial charge is 0.414 e. The third-order valence-corrected chi connectivity index (χ3v) is 2.58. The first kappa shape index (κ1) is 11.8. The van der Waals surface area contributed by atoms with Crippen molar-refractivity contribution in [2.24, 2.45) is 0 Å². The molecule has 0 aliphatic carbocycles. The number of halogens is 3. The quantitative estimate of drug-likeness (QED) is 0.746. The Hall–Kier alpha value is -0.290. The molecule has 1 aliphatic heterocycles. The standard InChI is InChI=1S/C9H16F3NO/c10-9(11,12)8(14)5-4-7-3-1-2-6-13-7/h7-8,13-14H,1-6H2. The first-order chi connectivity index (χ1) is 6.50. The summed E-state index contributed by atoms with van der Waals surface area (Å²) >= 11 is 0. The van der Waals surface area contributed by atoms with Crippen molar-refractivity contribution in [2.45, 2.75) is 50.4 Å². The lowest BCUT2D eigenvalue weighted by Crippen LogP contribution is -2.36. The molecule has 1 rings (SSSR count). The number of piperidine rings is 1. The average molecular weight is 211 g/mol. The Kier molecular flexibility index (Phi) is 4.19. The second-order valence-electron chi connectivity index (χ2n) is 3.78. The highest BCUT2D eigenvalue weighted by molar-refractivity contribution is 4.75. The maximum atomic E-state index is 11.9. The number of nitrogens with one attached hydrogen (secondary N) is 1. The summed E-state index contributed by atoms with van der Waals surface area (Å²) in [6, 6.07) is 0.153. The van der Waals surface area contributed by atoms with Crippen molar-refractivity contribution in [2.75, 3.05) is 6.54 Å². The number of aliphatic hydroxyl groups is 1. The van der Waals surface area contributed by atoms with Crippen LogP contribution < -0.4 is 5.32 Å². The van der Waals surface area contributed by atoms with Crippen molar-refractivity contribution < 1.29 is 18.3 Å². The van der Waals surface area contributed by atoms with E-state index in [1.807, 2.05) is 0 Å². The van der Waals surface area contributed by atoms with Gasteiger partial charge in [-0.3, -0.25) is 0 Å². The van der Waals surface area contributed by atoms with E-state index in [4.69, 9.17) is 5.11 Å². The first-order valence-corrected chi connectivity index (χ1v) is 4.98. The number of alkyl halides is 3. The van der Waals surface area contributed by atoms with Gasteiger partial charge in [-0.15, -0.1) is 0 Å². The van der Waals surface area contributed by atoms with Gasteiger partial charge in [0.05, 0.1) is 0 Å². The Balaban J connectivity index is 2.19. The van der Waals surface area contributed by atoms with Gasteiger partial charge in [-0.1, -0.05) is 6.42 Å². The Morgan fingerprint density at radius 2 is 2.07 bits per heavy atom. The van der Waals surface area contributed by atoms with Gasteiger partial charge in [0.25, 0.3) is 0 Å². The monoisotopic (exact) mass is 211 g/mol. The van der Waals surface area contributed by atoms with Crippen LogP contribution in [-0.4, -0.2) is 30.0 Å². The highest BCUT2D eigenvalue weighted by atomic mass is 19.4. The molecule has 0 radical (unpaired) electrons. The fourth-order valence-electron chi connectivity index (χ4n) is 1.69. The van der Waals surface area contributed by atoms with E-state index < -0.39 is 12.3 Å². The summed E-state index contributed by atoms with van der Waals surface area (Å²) in [4.78, 5) is 0. The van der Waals surface area contributed by atoms with E-state index in [0.717, 1.165) is 25.8 Å². The van der Waals surface area contributed by atoms with E-state index in [0.29, 0.717) is 6.42 Å². The van der Waals surface area contributed by atoms with E-state index in [-0.39, 0.29) is 12.5 Å². The molecule has 0 amide bonds. The Bertz CT molecular complexity index is 166. The minimum absolute atomic E-state index is 0.153. The Morgan fingerprint density at radius 1 is 1.36 bits per heavy atom. The van der Waals surface area contributed by atoms with Crippen molar-refractivity contribution in [3.8, 4) is 0 Å². The predicted octanol–water partition coefficient (Wildman–Crippen LogP) is 1.83. The minimum Gasteiger partial charge on any atom is -0.384 e. The molecule has 2 nitrogen and oxygen atoms in total. The van der Waals surface area contributed by atoms with Crippen LogP contribution in [0.25, 0.3) is 0 Å². The molecule has 1 fully saturated rings. The maximum Gasteiger partial charge on any atom is 0.414 e. The third kappa shape index (κ3) is 3.84. The molecule has 5 heteroatoms. The highest BCUT2D eigenvalue weighted by Crippen LogP contribution is 2.24. The van der Waals surface area contributed by atoms with Crippen molar-refractivity contribution in [3.63, 3.8) is 0 Å². The fraction of sp³-hybridized carbons (Fsp3) is 1.00. The SMILES string of the molecule is OC(CCC1CCCCN1)C(F)(F)F. The number of aliphatic hydroxyl groups excluding tert-OH is 1. The highest BCUT2D eigenvalue weighted by Gasteiger charge is 2.37. The third-order valence-electron chi connectivity index (χ3n) is 2.58. The molecule has 0 aromatic carbocycles. The summed E-state index contributed by atoms with van der Waals surface area (Å²) in [5.74, 6) is 0. The lowest BCUT2D eigenvalue weighted by molar-refractivity contribution is -0.206. The molecular weight excluding hydrogens is 195 g/mol. The van der Waals surface area contributed by atoms with Crippen molar-refractivity contribution in [1.82, 2.24) is 5.32 Å². The summed E-state index contributed by atoms with van der Waals surface area (Å²) in [7, 11) is 0. The Morgan fingerprint density at radius 3 is 2.57 bits per heavy atom. The van der Waals surface area contributed by atoms with Gasteiger partial charge in [0.15, 0.2) is 0 Å².